The molecule has 1 aliphatic heterocycles. The Hall–Kier alpha value is -1.30. The first-order chi connectivity index (χ1) is 10.2. The molecule has 0 unspecified atom stereocenters. The Morgan fingerprint density at radius 1 is 1.38 bits per heavy atom. The minimum Gasteiger partial charge on any atom is -0.351 e. The third kappa shape index (κ3) is 3.31. The first-order valence-corrected chi connectivity index (χ1v) is 8.90. The van der Waals surface area contributed by atoms with Crippen LogP contribution in [0.15, 0.2) is 18.5 Å². The van der Waals surface area contributed by atoms with Crippen LogP contribution < -0.4 is 5.32 Å². The molecular weight excluding hydrogens is 284 g/mol. The normalized spacial score (nSPS) is 21.1. The number of rotatable bonds is 4. The van der Waals surface area contributed by atoms with E-state index in [4.69, 9.17) is 0 Å². The van der Waals surface area contributed by atoms with Crippen LogP contribution in [0.4, 0.5) is 5.95 Å². The predicted molar refractivity (Wildman–Crippen MR) is 85.3 cm³/mol. The zero-order valence-electron chi connectivity index (χ0n) is 12.4. The molecule has 1 aromatic rings. The Bertz CT molecular complexity index is 480. The van der Waals surface area contributed by atoms with Crippen LogP contribution in [-0.4, -0.2) is 51.9 Å². The fraction of sp³-hybridized carbons (Fsp3) is 0.667. The van der Waals surface area contributed by atoms with Crippen molar-refractivity contribution in [3.8, 4) is 0 Å². The maximum Gasteiger partial charge on any atom is 0.232 e. The van der Waals surface area contributed by atoms with Gasteiger partial charge >= 0.3 is 0 Å². The lowest BCUT2D eigenvalue weighted by molar-refractivity contribution is -0.131. The summed E-state index contributed by atoms with van der Waals surface area (Å²) in [5.74, 6) is 1.64. The molecule has 0 bridgehead atoms. The van der Waals surface area contributed by atoms with Gasteiger partial charge in [0.25, 0.3) is 0 Å². The molecule has 114 valence electrons. The Morgan fingerprint density at radius 2 is 2.05 bits per heavy atom. The van der Waals surface area contributed by atoms with E-state index in [0.717, 1.165) is 31.9 Å². The van der Waals surface area contributed by atoms with Gasteiger partial charge < -0.3 is 10.2 Å². The Morgan fingerprint density at radius 3 is 2.67 bits per heavy atom. The number of carbonyl (C=O) groups is 1. The van der Waals surface area contributed by atoms with Crippen LogP contribution in [-0.2, 0) is 4.79 Å². The summed E-state index contributed by atoms with van der Waals surface area (Å²) in [7, 11) is 0. The van der Waals surface area contributed by atoms with E-state index in [1.807, 2.05) is 17.2 Å². The van der Waals surface area contributed by atoms with Gasteiger partial charge in [-0.3, -0.25) is 4.79 Å². The number of amides is 1. The lowest BCUT2D eigenvalue weighted by Crippen LogP contribution is -2.52. The van der Waals surface area contributed by atoms with Gasteiger partial charge in [-0.2, -0.15) is 11.8 Å². The van der Waals surface area contributed by atoms with Crippen molar-refractivity contribution in [2.45, 2.75) is 31.7 Å². The Balaban J connectivity index is 1.45. The molecule has 1 saturated heterocycles. The molecule has 1 saturated carbocycles. The zero-order chi connectivity index (χ0) is 14.7. The van der Waals surface area contributed by atoms with Crippen LogP contribution in [0.25, 0.3) is 0 Å². The average molecular weight is 306 g/mol. The van der Waals surface area contributed by atoms with E-state index in [1.165, 1.54) is 12.8 Å². The lowest BCUT2D eigenvalue weighted by Gasteiger charge is -2.52. The molecule has 1 aromatic heterocycles. The number of thioether (sulfide) groups is 1. The summed E-state index contributed by atoms with van der Waals surface area (Å²) in [5.41, 5.74) is 0.447. The van der Waals surface area contributed by atoms with Gasteiger partial charge in [0.1, 0.15) is 0 Å². The van der Waals surface area contributed by atoms with E-state index in [0.29, 0.717) is 23.1 Å². The van der Waals surface area contributed by atoms with E-state index in [9.17, 15) is 4.79 Å². The van der Waals surface area contributed by atoms with Crippen molar-refractivity contribution in [3.05, 3.63) is 18.5 Å². The van der Waals surface area contributed by atoms with Crippen molar-refractivity contribution in [3.63, 3.8) is 0 Å². The molecule has 1 aliphatic carbocycles. The number of piperidine rings is 1. The molecular formula is C15H22N4OS. The van der Waals surface area contributed by atoms with Crippen LogP contribution in [0, 0.1) is 5.41 Å². The molecule has 21 heavy (non-hydrogen) atoms. The van der Waals surface area contributed by atoms with Gasteiger partial charge in [0.15, 0.2) is 0 Å². The minimum absolute atomic E-state index is 0.295. The molecule has 3 rings (SSSR count). The molecule has 6 heteroatoms. The monoisotopic (exact) mass is 306 g/mol. The number of nitrogens with zero attached hydrogens (tertiary/aromatic N) is 3. The summed E-state index contributed by atoms with van der Waals surface area (Å²) in [5, 5.41) is 3.40. The van der Waals surface area contributed by atoms with E-state index in [-0.39, 0.29) is 0 Å². The molecule has 2 aliphatic rings. The maximum absolute atomic E-state index is 11.9. The van der Waals surface area contributed by atoms with Crippen molar-refractivity contribution in [2.75, 3.05) is 30.4 Å². The number of nitrogens with one attached hydrogen (secondary N) is 1. The molecule has 2 heterocycles. The highest BCUT2D eigenvalue weighted by molar-refractivity contribution is 7.99. The minimum atomic E-state index is 0.295. The number of hydrogen-bond donors (Lipinski definition) is 1. The molecule has 0 aromatic carbocycles. The fourth-order valence-corrected chi connectivity index (χ4v) is 3.93. The van der Waals surface area contributed by atoms with E-state index >= 15 is 0 Å². The molecule has 5 nitrogen and oxygen atoms in total. The number of hydrogen-bond acceptors (Lipinski definition) is 5. The van der Waals surface area contributed by atoms with Gasteiger partial charge in [0.2, 0.25) is 11.9 Å². The van der Waals surface area contributed by atoms with Gasteiger partial charge in [0.05, 0.1) is 5.75 Å². The van der Waals surface area contributed by atoms with Gasteiger partial charge in [0, 0.05) is 31.5 Å². The van der Waals surface area contributed by atoms with Gasteiger partial charge in [-0.05, 0) is 43.4 Å². The number of likely N-dealkylation sites (tertiary alicyclic amines) is 1. The van der Waals surface area contributed by atoms with E-state index < -0.39 is 0 Å². The largest absolute Gasteiger partial charge is 0.351 e. The number of anilines is 1. The molecule has 2 fully saturated rings. The van der Waals surface area contributed by atoms with Crippen molar-refractivity contribution in [1.29, 1.82) is 0 Å². The van der Waals surface area contributed by atoms with Crippen LogP contribution >= 0.6 is 11.8 Å². The SMILES string of the molecule is CSCC(=O)N1CCC2(CC1)CC(Nc1ncccn1)C2. The highest BCUT2D eigenvalue weighted by Gasteiger charge is 2.46. The molecule has 1 N–H and O–H groups in total. The Labute approximate surface area is 129 Å². The second-order valence-electron chi connectivity index (χ2n) is 6.14. The van der Waals surface area contributed by atoms with Crippen molar-refractivity contribution in [2.24, 2.45) is 5.41 Å². The van der Waals surface area contributed by atoms with Crippen LogP contribution in [0.2, 0.25) is 0 Å². The highest BCUT2D eigenvalue weighted by Crippen LogP contribution is 2.49. The van der Waals surface area contributed by atoms with Crippen LogP contribution in [0.1, 0.15) is 25.7 Å². The second kappa shape index (κ2) is 6.22. The fourth-order valence-electron chi connectivity index (χ4n) is 3.50. The highest BCUT2D eigenvalue weighted by atomic mass is 32.2. The Kier molecular flexibility index (Phi) is 4.33. The summed E-state index contributed by atoms with van der Waals surface area (Å²) in [6.45, 7) is 1.85. The number of aromatic nitrogens is 2. The second-order valence-corrected chi connectivity index (χ2v) is 7.00. The van der Waals surface area contributed by atoms with E-state index in [1.54, 1.807) is 24.2 Å². The van der Waals surface area contributed by atoms with Crippen molar-refractivity contribution >= 4 is 23.6 Å². The lowest BCUT2D eigenvalue weighted by atomic mass is 9.60. The first-order valence-electron chi connectivity index (χ1n) is 7.51. The van der Waals surface area contributed by atoms with Crippen molar-refractivity contribution < 1.29 is 4.79 Å². The summed E-state index contributed by atoms with van der Waals surface area (Å²) in [4.78, 5) is 22.4. The predicted octanol–water partition coefficient (Wildman–Crippen LogP) is 2.02. The third-order valence-electron chi connectivity index (χ3n) is 4.70. The average Bonchev–Trinajstić information content (AvgIpc) is 2.48. The molecule has 0 radical (unpaired) electrons. The van der Waals surface area contributed by atoms with Gasteiger partial charge in [-0.25, -0.2) is 9.97 Å². The molecule has 1 spiro atoms. The zero-order valence-corrected chi connectivity index (χ0v) is 13.2. The topological polar surface area (TPSA) is 58.1 Å². The summed E-state index contributed by atoms with van der Waals surface area (Å²) < 4.78 is 0. The summed E-state index contributed by atoms with van der Waals surface area (Å²) in [6, 6.07) is 2.32. The van der Waals surface area contributed by atoms with Crippen molar-refractivity contribution in [1.82, 2.24) is 14.9 Å². The standard InChI is InChI=1S/C15H22N4OS/c1-21-11-13(20)19-7-3-15(4-8-19)9-12(10-15)18-14-16-5-2-6-17-14/h2,5-6,12H,3-4,7-11H2,1H3,(H,16,17,18). The third-order valence-corrected chi connectivity index (χ3v) is 5.24. The molecule has 0 atom stereocenters. The van der Waals surface area contributed by atoms with Crippen LogP contribution in [0.5, 0.6) is 0 Å². The maximum atomic E-state index is 11.9. The van der Waals surface area contributed by atoms with Gasteiger partial charge in [-0.1, -0.05) is 0 Å². The van der Waals surface area contributed by atoms with Gasteiger partial charge in [-0.15, -0.1) is 0 Å². The smallest absolute Gasteiger partial charge is 0.232 e. The first kappa shape index (κ1) is 14.6. The van der Waals surface area contributed by atoms with E-state index in [2.05, 4.69) is 15.3 Å². The quantitative estimate of drug-likeness (QED) is 0.922. The summed E-state index contributed by atoms with van der Waals surface area (Å²) >= 11 is 1.61. The summed E-state index contributed by atoms with van der Waals surface area (Å²) in [6.07, 6.45) is 10.1. The molecule has 1 amide bonds. The number of carbonyl (C=O) groups excluding carboxylic acids is 1. The van der Waals surface area contributed by atoms with Crippen LogP contribution in [0.3, 0.4) is 0 Å².